The van der Waals surface area contributed by atoms with Crippen molar-refractivity contribution in [1.29, 1.82) is 0 Å². The number of hydrogen-bond acceptors (Lipinski definition) is 3. The van der Waals surface area contributed by atoms with Gasteiger partial charge in [-0.3, -0.25) is 4.99 Å². The van der Waals surface area contributed by atoms with E-state index in [0.29, 0.717) is 13.2 Å². The molecule has 0 atom stereocenters. The molecular weight excluding hydrogens is 479 g/mol. The second-order valence-corrected chi connectivity index (χ2v) is 6.76. The lowest BCUT2D eigenvalue weighted by Crippen LogP contribution is -2.39. The van der Waals surface area contributed by atoms with Crippen LogP contribution < -0.4 is 14.8 Å². The number of halogens is 2. The first-order valence-electron chi connectivity index (χ1n) is 8.68. The number of ether oxygens (including phenoxy) is 2. The predicted molar refractivity (Wildman–Crippen MR) is 120 cm³/mol. The molecule has 1 N–H and O–H groups in total. The minimum absolute atomic E-state index is 0. The van der Waals surface area contributed by atoms with Crippen LogP contribution in [0.1, 0.15) is 11.3 Å². The maximum atomic E-state index is 6.06. The molecule has 1 aliphatic heterocycles. The van der Waals surface area contributed by atoms with Crippen molar-refractivity contribution in [1.82, 2.24) is 14.8 Å². The predicted octanol–water partition coefficient (Wildman–Crippen LogP) is 3.32. The Morgan fingerprint density at radius 2 is 2.00 bits per heavy atom. The van der Waals surface area contributed by atoms with Crippen molar-refractivity contribution in [2.24, 2.45) is 12.0 Å². The maximum Gasteiger partial charge on any atom is 0.193 e. The van der Waals surface area contributed by atoms with Gasteiger partial charge >= 0.3 is 0 Å². The van der Waals surface area contributed by atoms with E-state index >= 15 is 0 Å². The van der Waals surface area contributed by atoms with Crippen LogP contribution in [0.5, 0.6) is 11.5 Å². The Kier molecular flexibility index (Phi) is 8.09. The van der Waals surface area contributed by atoms with E-state index in [9.17, 15) is 0 Å². The van der Waals surface area contributed by atoms with Crippen molar-refractivity contribution in [2.45, 2.75) is 13.0 Å². The fourth-order valence-electron chi connectivity index (χ4n) is 2.99. The van der Waals surface area contributed by atoms with Crippen LogP contribution in [0, 0.1) is 0 Å². The van der Waals surface area contributed by atoms with Crippen LogP contribution >= 0.6 is 35.6 Å². The highest BCUT2D eigenvalue weighted by Crippen LogP contribution is 2.30. The molecule has 8 heteroatoms. The summed E-state index contributed by atoms with van der Waals surface area (Å²) in [4.78, 5) is 6.45. The van der Waals surface area contributed by atoms with Crippen LogP contribution in [-0.4, -0.2) is 49.3 Å². The fourth-order valence-corrected chi connectivity index (χ4v) is 3.26. The lowest BCUT2D eigenvalue weighted by atomic mass is 10.1. The molecule has 1 aromatic carbocycles. The molecule has 2 aromatic rings. The molecule has 0 amide bonds. The second-order valence-electron chi connectivity index (χ2n) is 6.32. The van der Waals surface area contributed by atoms with Crippen molar-refractivity contribution < 1.29 is 9.47 Å². The number of aryl methyl sites for hydroxylation is 1. The zero-order valence-corrected chi connectivity index (χ0v) is 19.0. The number of benzene rings is 1. The average molecular weight is 505 g/mol. The molecule has 0 unspecified atom stereocenters. The Hall–Kier alpha value is -1.61. The molecule has 0 spiro atoms. The first-order valence-corrected chi connectivity index (χ1v) is 9.05. The van der Waals surface area contributed by atoms with E-state index in [1.165, 1.54) is 5.56 Å². The van der Waals surface area contributed by atoms with Crippen LogP contribution in [0.3, 0.4) is 0 Å². The maximum absolute atomic E-state index is 6.06. The molecule has 27 heavy (non-hydrogen) atoms. The van der Waals surface area contributed by atoms with Gasteiger partial charge in [-0.15, -0.1) is 24.0 Å². The number of nitrogens with one attached hydrogen (secondary N) is 1. The first-order chi connectivity index (χ1) is 12.6. The standard InChI is InChI=1S/C19H25ClN4O2.HI/c1-21-19(24(3)13-16-11-15(20)12-23(16)2)22-7-6-14-4-5-17-18(10-14)26-9-8-25-17;/h4-5,10-12H,6-9,13H2,1-3H3,(H,21,22);1H. The minimum atomic E-state index is 0. The summed E-state index contributed by atoms with van der Waals surface area (Å²) in [6.07, 6.45) is 2.78. The fraction of sp³-hybridized carbons (Fsp3) is 0.421. The van der Waals surface area contributed by atoms with E-state index < -0.39 is 0 Å². The number of aliphatic imine (C=N–C) groups is 1. The van der Waals surface area contributed by atoms with Gasteiger partial charge in [-0.2, -0.15) is 0 Å². The van der Waals surface area contributed by atoms with Gasteiger partial charge in [0, 0.05) is 39.6 Å². The van der Waals surface area contributed by atoms with Crippen LogP contribution in [0.4, 0.5) is 0 Å². The third-order valence-corrected chi connectivity index (χ3v) is 4.56. The van der Waals surface area contributed by atoms with Crippen molar-refractivity contribution in [3.05, 3.63) is 46.7 Å². The third kappa shape index (κ3) is 5.68. The molecule has 1 aromatic heterocycles. The summed E-state index contributed by atoms with van der Waals surface area (Å²) >= 11 is 6.06. The summed E-state index contributed by atoms with van der Waals surface area (Å²) in [6, 6.07) is 8.08. The highest BCUT2D eigenvalue weighted by atomic mass is 127. The Balaban J connectivity index is 0.00000261. The van der Waals surface area contributed by atoms with E-state index in [1.54, 1.807) is 7.05 Å². The molecule has 0 fully saturated rings. The van der Waals surface area contributed by atoms with Gasteiger partial charge in [0.25, 0.3) is 0 Å². The molecule has 148 valence electrons. The average Bonchev–Trinajstić information content (AvgIpc) is 2.95. The van der Waals surface area contributed by atoms with Gasteiger partial charge in [0.15, 0.2) is 17.5 Å². The Morgan fingerprint density at radius 3 is 2.67 bits per heavy atom. The van der Waals surface area contributed by atoms with E-state index in [4.69, 9.17) is 21.1 Å². The minimum Gasteiger partial charge on any atom is -0.486 e. The summed E-state index contributed by atoms with van der Waals surface area (Å²) in [5.74, 6) is 2.50. The molecule has 2 heterocycles. The first kappa shape index (κ1) is 21.7. The monoisotopic (exact) mass is 504 g/mol. The van der Waals surface area contributed by atoms with Crippen molar-refractivity contribution in [2.75, 3.05) is 33.9 Å². The quantitative estimate of drug-likeness (QED) is 0.386. The Morgan fingerprint density at radius 1 is 1.26 bits per heavy atom. The lowest BCUT2D eigenvalue weighted by Gasteiger charge is -2.22. The van der Waals surface area contributed by atoms with E-state index in [2.05, 4.69) is 27.3 Å². The molecule has 1 aliphatic rings. The van der Waals surface area contributed by atoms with Crippen LogP contribution in [0.25, 0.3) is 0 Å². The molecule has 0 radical (unpaired) electrons. The number of rotatable bonds is 5. The van der Waals surface area contributed by atoms with Crippen molar-refractivity contribution in [3.8, 4) is 11.5 Å². The van der Waals surface area contributed by atoms with Crippen LogP contribution in [-0.2, 0) is 20.0 Å². The topological polar surface area (TPSA) is 51.0 Å². The zero-order chi connectivity index (χ0) is 18.5. The Labute approximate surface area is 182 Å². The largest absolute Gasteiger partial charge is 0.486 e. The number of fused-ring (bicyclic) bond motifs is 1. The van der Waals surface area contributed by atoms with Crippen LogP contribution in [0.2, 0.25) is 5.02 Å². The van der Waals surface area contributed by atoms with Gasteiger partial charge in [0.05, 0.1) is 11.6 Å². The highest BCUT2D eigenvalue weighted by molar-refractivity contribution is 14.0. The van der Waals surface area contributed by atoms with Crippen molar-refractivity contribution >= 4 is 41.5 Å². The van der Waals surface area contributed by atoms with Gasteiger partial charge in [0.1, 0.15) is 13.2 Å². The van der Waals surface area contributed by atoms with Gasteiger partial charge in [-0.05, 0) is 30.2 Å². The summed E-state index contributed by atoms with van der Waals surface area (Å²) < 4.78 is 13.2. The zero-order valence-electron chi connectivity index (χ0n) is 15.9. The van der Waals surface area contributed by atoms with Crippen molar-refractivity contribution in [3.63, 3.8) is 0 Å². The van der Waals surface area contributed by atoms with E-state index in [-0.39, 0.29) is 24.0 Å². The summed E-state index contributed by atoms with van der Waals surface area (Å²) in [6.45, 7) is 2.73. The number of guanidine groups is 1. The summed E-state index contributed by atoms with van der Waals surface area (Å²) in [5.41, 5.74) is 2.33. The summed E-state index contributed by atoms with van der Waals surface area (Å²) in [5, 5.41) is 4.15. The molecule has 6 nitrogen and oxygen atoms in total. The second kappa shape index (κ2) is 10.1. The number of nitrogens with zero attached hydrogens (tertiary/aromatic N) is 3. The molecule has 0 saturated carbocycles. The Bertz CT molecular complexity index is 794. The van der Waals surface area contributed by atoms with Crippen LogP contribution in [0.15, 0.2) is 35.5 Å². The highest BCUT2D eigenvalue weighted by Gasteiger charge is 2.12. The number of hydrogen-bond donors (Lipinski definition) is 1. The van der Waals surface area contributed by atoms with Gasteiger partial charge in [-0.25, -0.2) is 0 Å². The molecule has 0 saturated heterocycles. The SMILES string of the molecule is CN=C(NCCc1ccc2c(c1)OCCO2)N(C)Cc1cc(Cl)cn1C.I. The third-order valence-electron chi connectivity index (χ3n) is 4.35. The molecule has 3 rings (SSSR count). The smallest absolute Gasteiger partial charge is 0.193 e. The van der Waals surface area contributed by atoms with E-state index in [1.807, 2.05) is 37.0 Å². The molecule has 0 bridgehead atoms. The molecule has 0 aliphatic carbocycles. The van der Waals surface area contributed by atoms with Gasteiger partial charge in [-0.1, -0.05) is 17.7 Å². The number of aromatic nitrogens is 1. The van der Waals surface area contributed by atoms with Gasteiger partial charge < -0.3 is 24.3 Å². The van der Waals surface area contributed by atoms with Gasteiger partial charge in [0.2, 0.25) is 0 Å². The molecular formula is C19H26ClIN4O2. The summed E-state index contributed by atoms with van der Waals surface area (Å²) in [7, 11) is 5.80. The lowest BCUT2D eigenvalue weighted by molar-refractivity contribution is 0.171. The normalized spacial score (nSPS) is 13.1. The van der Waals surface area contributed by atoms with E-state index in [0.717, 1.165) is 47.7 Å².